The van der Waals surface area contributed by atoms with E-state index in [-0.39, 0.29) is 6.61 Å². The molecule has 16 heavy (non-hydrogen) atoms. The lowest BCUT2D eigenvalue weighted by Crippen LogP contribution is -2.44. The lowest BCUT2D eigenvalue weighted by molar-refractivity contribution is 0.298. The predicted molar refractivity (Wildman–Crippen MR) is 67.4 cm³/mol. The van der Waals surface area contributed by atoms with E-state index in [1.165, 1.54) is 4.88 Å². The van der Waals surface area contributed by atoms with E-state index in [1.807, 2.05) is 0 Å². The van der Waals surface area contributed by atoms with E-state index >= 15 is 0 Å². The third-order valence-corrected chi connectivity index (χ3v) is 4.08. The van der Waals surface area contributed by atoms with E-state index in [4.69, 9.17) is 5.11 Å². The first-order valence-electron chi connectivity index (χ1n) is 5.71. The van der Waals surface area contributed by atoms with E-state index in [0.29, 0.717) is 6.42 Å². The third-order valence-electron chi connectivity index (χ3n) is 3.00. The van der Waals surface area contributed by atoms with E-state index in [2.05, 4.69) is 28.8 Å². The van der Waals surface area contributed by atoms with Crippen molar-refractivity contribution in [3.63, 3.8) is 0 Å². The summed E-state index contributed by atoms with van der Waals surface area (Å²) in [5.74, 6) is 0. The highest BCUT2D eigenvalue weighted by Crippen LogP contribution is 2.26. The summed E-state index contributed by atoms with van der Waals surface area (Å²) in [5.41, 5.74) is 1.06. The van der Waals surface area contributed by atoms with Crippen LogP contribution in [0.1, 0.15) is 10.6 Å². The van der Waals surface area contributed by atoms with Gasteiger partial charge in [0, 0.05) is 44.1 Å². The highest BCUT2D eigenvalue weighted by atomic mass is 32.1. The lowest BCUT2D eigenvalue weighted by Gasteiger charge is -2.32. The molecule has 0 saturated carbocycles. The molecule has 2 rings (SSSR count). The molecule has 0 radical (unpaired) electrons. The molecular formula is C11H19N3OS. The van der Waals surface area contributed by atoms with Gasteiger partial charge in [-0.05, 0) is 14.0 Å². The van der Waals surface area contributed by atoms with Crippen LogP contribution in [0.25, 0.3) is 0 Å². The summed E-state index contributed by atoms with van der Waals surface area (Å²) in [6, 6.07) is 0. The molecule has 5 heteroatoms. The molecule has 0 atom stereocenters. The Kier molecular flexibility index (Phi) is 3.78. The largest absolute Gasteiger partial charge is 0.396 e. The molecule has 1 fully saturated rings. The Balaban J connectivity index is 2.06. The number of nitrogens with zero attached hydrogens (tertiary/aromatic N) is 3. The Morgan fingerprint density at radius 1 is 1.31 bits per heavy atom. The zero-order chi connectivity index (χ0) is 11.5. The maximum Gasteiger partial charge on any atom is 0.185 e. The van der Waals surface area contributed by atoms with Crippen molar-refractivity contribution in [2.75, 3.05) is 44.7 Å². The molecule has 1 aromatic heterocycles. The Morgan fingerprint density at radius 3 is 2.62 bits per heavy atom. The van der Waals surface area contributed by atoms with Crippen LogP contribution in [0.2, 0.25) is 0 Å². The average molecular weight is 241 g/mol. The van der Waals surface area contributed by atoms with Crippen LogP contribution in [0.4, 0.5) is 5.13 Å². The van der Waals surface area contributed by atoms with Crippen molar-refractivity contribution in [2.24, 2.45) is 0 Å². The van der Waals surface area contributed by atoms with Gasteiger partial charge in [-0.25, -0.2) is 4.98 Å². The van der Waals surface area contributed by atoms with Gasteiger partial charge in [0.25, 0.3) is 0 Å². The minimum Gasteiger partial charge on any atom is -0.396 e. The minimum absolute atomic E-state index is 0.187. The van der Waals surface area contributed by atoms with Crippen LogP contribution < -0.4 is 4.90 Å². The Labute approximate surface area is 101 Å². The number of hydrogen-bond donors (Lipinski definition) is 1. The molecule has 0 unspecified atom stereocenters. The molecule has 1 aromatic rings. The van der Waals surface area contributed by atoms with Gasteiger partial charge in [-0.1, -0.05) is 0 Å². The standard InChI is InChI=1S/C11H19N3OS/c1-9-10(3-8-15)12-11(16-9)14-6-4-13(2)5-7-14/h15H,3-8H2,1-2H3. The molecule has 1 aliphatic rings. The van der Waals surface area contributed by atoms with Crippen molar-refractivity contribution in [1.82, 2.24) is 9.88 Å². The third kappa shape index (κ3) is 2.53. The Bertz CT molecular complexity index is 345. The van der Waals surface area contributed by atoms with Crippen LogP contribution in [-0.4, -0.2) is 54.8 Å². The fourth-order valence-corrected chi connectivity index (χ4v) is 2.89. The molecule has 90 valence electrons. The highest BCUT2D eigenvalue weighted by molar-refractivity contribution is 7.15. The second kappa shape index (κ2) is 5.12. The van der Waals surface area contributed by atoms with Crippen LogP contribution >= 0.6 is 11.3 Å². The minimum atomic E-state index is 0.187. The van der Waals surface area contributed by atoms with Crippen molar-refractivity contribution >= 4 is 16.5 Å². The number of piperazine rings is 1. The molecule has 0 aromatic carbocycles. The lowest BCUT2D eigenvalue weighted by atomic mass is 10.3. The summed E-state index contributed by atoms with van der Waals surface area (Å²) in [4.78, 5) is 10.5. The molecule has 0 spiro atoms. The number of rotatable bonds is 3. The number of aryl methyl sites for hydroxylation is 1. The van der Waals surface area contributed by atoms with Crippen molar-refractivity contribution in [2.45, 2.75) is 13.3 Å². The normalized spacial score (nSPS) is 18.1. The van der Waals surface area contributed by atoms with Crippen LogP contribution in [0.3, 0.4) is 0 Å². The predicted octanol–water partition coefficient (Wildman–Crippen LogP) is 0.738. The topological polar surface area (TPSA) is 39.6 Å². The first kappa shape index (κ1) is 11.8. The van der Waals surface area contributed by atoms with Crippen molar-refractivity contribution in [1.29, 1.82) is 0 Å². The highest BCUT2D eigenvalue weighted by Gasteiger charge is 2.18. The van der Waals surface area contributed by atoms with Crippen LogP contribution in [0.5, 0.6) is 0 Å². The molecule has 0 aliphatic carbocycles. The average Bonchev–Trinajstić information content (AvgIpc) is 2.62. The van der Waals surface area contributed by atoms with Crippen molar-refractivity contribution < 1.29 is 5.11 Å². The first-order chi connectivity index (χ1) is 7.70. The number of aliphatic hydroxyl groups excluding tert-OH is 1. The maximum atomic E-state index is 8.94. The number of anilines is 1. The van der Waals surface area contributed by atoms with Gasteiger partial charge in [0.15, 0.2) is 5.13 Å². The summed E-state index contributed by atoms with van der Waals surface area (Å²) in [6.07, 6.45) is 0.677. The van der Waals surface area contributed by atoms with Gasteiger partial charge >= 0.3 is 0 Å². The Hall–Kier alpha value is -0.650. The van der Waals surface area contributed by atoms with E-state index < -0.39 is 0 Å². The SMILES string of the molecule is Cc1sc(N2CCN(C)CC2)nc1CCO. The Morgan fingerprint density at radius 2 is 2.00 bits per heavy atom. The van der Waals surface area contributed by atoms with Crippen LogP contribution in [-0.2, 0) is 6.42 Å². The van der Waals surface area contributed by atoms with Crippen LogP contribution in [0, 0.1) is 6.92 Å². The van der Waals surface area contributed by atoms with Gasteiger partial charge < -0.3 is 14.9 Å². The zero-order valence-corrected chi connectivity index (χ0v) is 10.8. The number of hydrogen-bond acceptors (Lipinski definition) is 5. The molecule has 1 saturated heterocycles. The number of aliphatic hydroxyl groups is 1. The fourth-order valence-electron chi connectivity index (χ4n) is 1.88. The van der Waals surface area contributed by atoms with E-state index in [0.717, 1.165) is 37.0 Å². The quantitative estimate of drug-likeness (QED) is 0.847. The fraction of sp³-hybridized carbons (Fsp3) is 0.727. The van der Waals surface area contributed by atoms with Gasteiger partial charge in [-0.3, -0.25) is 0 Å². The van der Waals surface area contributed by atoms with Crippen LogP contribution in [0.15, 0.2) is 0 Å². The van der Waals surface area contributed by atoms with Gasteiger partial charge in [0.05, 0.1) is 5.69 Å². The molecule has 4 nitrogen and oxygen atoms in total. The molecule has 1 N–H and O–H groups in total. The number of likely N-dealkylation sites (N-methyl/N-ethyl adjacent to an activating group) is 1. The van der Waals surface area contributed by atoms with E-state index in [1.54, 1.807) is 11.3 Å². The molecular weight excluding hydrogens is 222 g/mol. The summed E-state index contributed by atoms with van der Waals surface area (Å²) in [6.45, 7) is 6.60. The van der Waals surface area contributed by atoms with Gasteiger partial charge in [-0.15, -0.1) is 11.3 Å². The van der Waals surface area contributed by atoms with Crippen molar-refractivity contribution in [3.8, 4) is 0 Å². The molecule has 2 heterocycles. The number of thiazole rings is 1. The summed E-state index contributed by atoms with van der Waals surface area (Å²) >= 11 is 1.75. The number of aromatic nitrogens is 1. The molecule has 0 bridgehead atoms. The van der Waals surface area contributed by atoms with E-state index in [9.17, 15) is 0 Å². The van der Waals surface area contributed by atoms with Gasteiger partial charge in [0.1, 0.15) is 0 Å². The van der Waals surface area contributed by atoms with Crippen molar-refractivity contribution in [3.05, 3.63) is 10.6 Å². The zero-order valence-electron chi connectivity index (χ0n) is 9.94. The second-order valence-electron chi connectivity index (χ2n) is 4.26. The summed E-state index contributed by atoms with van der Waals surface area (Å²) in [5, 5.41) is 10.1. The maximum absolute atomic E-state index is 8.94. The van der Waals surface area contributed by atoms with Gasteiger partial charge in [0.2, 0.25) is 0 Å². The summed E-state index contributed by atoms with van der Waals surface area (Å²) < 4.78 is 0. The second-order valence-corrected chi connectivity index (χ2v) is 5.44. The first-order valence-corrected chi connectivity index (χ1v) is 6.53. The smallest absolute Gasteiger partial charge is 0.185 e. The molecule has 0 amide bonds. The van der Waals surface area contributed by atoms with Gasteiger partial charge in [-0.2, -0.15) is 0 Å². The molecule has 1 aliphatic heterocycles. The summed E-state index contributed by atoms with van der Waals surface area (Å²) in [7, 11) is 2.15. The monoisotopic (exact) mass is 241 g/mol.